The van der Waals surface area contributed by atoms with Crippen molar-refractivity contribution < 1.29 is 0 Å². The third-order valence-corrected chi connectivity index (χ3v) is 1.23. The molecule has 1 unspecified atom stereocenters. The van der Waals surface area contributed by atoms with Gasteiger partial charge in [0.05, 0.1) is 6.04 Å². The highest BCUT2D eigenvalue weighted by atomic mass is 14.9. The Morgan fingerprint density at radius 2 is 2.22 bits per heavy atom. The second-order valence-electron chi connectivity index (χ2n) is 2.07. The highest BCUT2D eigenvalue weighted by Crippen LogP contribution is 1.92. The third kappa shape index (κ3) is 4.05. The SMILES string of the molecule is C#CC(CCC)NCC. The van der Waals surface area contributed by atoms with Gasteiger partial charge in [-0.3, -0.25) is 0 Å². The zero-order valence-corrected chi connectivity index (χ0v) is 6.28. The molecular weight excluding hydrogens is 110 g/mol. The van der Waals surface area contributed by atoms with Crippen molar-refractivity contribution in [2.75, 3.05) is 6.54 Å². The van der Waals surface area contributed by atoms with Crippen LogP contribution in [0, 0.1) is 12.3 Å². The molecule has 0 fully saturated rings. The summed E-state index contributed by atoms with van der Waals surface area (Å²) in [6, 6.07) is 0.292. The Kier molecular flexibility index (Phi) is 5.35. The second-order valence-corrected chi connectivity index (χ2v) is 2.07. The van der Waals surface area contributed by atoms with Gasteiger partial charge in [-0.15, -0.1) is 6.42 Å². The zero-order valence-electron chi connectivity index (χ0n) is 6.28. The van der Waals surface area contributed by atoms with Crippen LogP contribution in [-0.2, 0) is 0 Å². The van der Waals surface area contributed by atoms with E-state index in [-0.39, 0.29) is 0 Å². The number of hydrogen-bond donors (Lipinski definition) is 1. The minimum absolute atomic E-state index is 0.292. The summed E-state index contributed by atoms with van der Waals surface area (Å²) in [4.78, 5) is 0. The quantitative estimate of drug-likeness (QED) is 0.560. The smallest absolute Gasteiger partial charge is 0.0686 e. The van der Waals surface area contributed by atoms with Gasteiger partial charge in [0.15, 0.2) is 0 Å². The molecule has 9 heavy (non-hydrogen) atoms. The lowest BCUT2D eigenvalue weighted by molar-refractivity contribution is 0.581. The van der Waals surface area contributed by atoms with Gasteiger partial charge >= 0.3 is 0 Å². The van der Waals surface area contributed by atoms with Gasteiger partial charge in [-0.05, 0) is 13.0 Å². The van der Waals surface area contributed by atoms with E-state index in [0.29, 0.717) is 6.04 Å². The van der Waals surface area contributed by atoms with Gasteiger partial charge in [0.25, 0.3) is 0 Å². The Labute approximate surface area is 57.8 Å². The largest absolute Gasteiger partial charge is 0.304 e. The van der Waals surface area contributed by atoms with Crippen LogP contribution >= 0.6 is 0 Å². The lowest BCUT2D eigenvalue weighted by Crippen LogP contribution is -2.26. The lowest BCUT2D eigenvalue weighted by atomic mass is 10.2. The summed E-state index contributed by atoms with van der Waals surface area (Å²) in [6.07, 6.45) is 7.47. The maximum absolute atomic E-state index is 5.23. The number of terminal acetylenes is 1. The summed E-state index contributed by atoms with van der Waals surface area (Å²) in [5.74, 6) is 2.69. The average Bonchev–Trinajstić information content (AvgIpc) is 1.88. The first kappa shape index (κ1) is 8.52. The fraction of sp³-hybridized carbons (Fsp3) is 0.750. The first-order valence-corrected chi connectivity index (χ1v) is 3.54. The summed E-state index contributed by atoms with van der Waals surface area (Å²) < 4.78 is 0. The second kappa shape index (κ2) is 5.65. The summed E-state index contributed by atoms with van der Waals surface area (Å²) >= 11 is 0. The topological polar surface area (TPSA) is 12.0 Å². The van der Waals surface area contributed by atoms with Crippen molar-refractivity contribution in [3.8, 4) is 12.3 Å². The number of rotatable bonds is 4. The third-order valence-electron chi connectivity index (χ3n) is 1.23. The van der Waals surface area contributed by atoms with Gasteiger partial charge in [-0.2, -0.15) is 0 Å². The fourth-order valence-corrected chi connectivity index (χ4v) is 0.779. The summed E-state index contributed by atoms with van der Waals surface area (Å²) in [7, 11) is 0. The molecule has 0 saturated heterocycles. The molecule has 1 heteroatoms. The molecule has 1 nitrogen and oxygen atoms in total. The summed E-state index contributed by atoms with van der Waals surface area (Å²) in [6.45, 7) is 5.18. The van der Waals surface area contributed by atoms with Gasteiger partial charge < -0.3 is 5.32 Å². The van der Waals surface area contributed by atoms with Crippen LogP contribution in [0.4, 0.5) is 0 Å². The number of nitrogens with one attached hydrogen (secondary N) is 1. The predicted octanol–water partition coefficient (Wildman–Crippen LogP) is 1.40. The molecule has 0 aliphatic rings. The van der Waals surface area contributed by atoms with Crippen LogP contribution < -0.4 is 5.32 Å². The van der Waals surface area contributed by atoms with Gasteiger partial charge in [-0.1, -0.05) is 26.2 Å². The molecule has 0 heterocycles. The van der Waals surface area contributed by atoms with E-state index in [1.54, 1.807) is 0 Å². The highest BCUT2D eigenvalue weighted by Gasteiger charge is 1.97. The predicted molar refractivity (Wildman–Crippen MR) is 41.2 cm³/mol. The fourth-order valence-electron chi connectivity index (χ4n) is 0.779. The normalized spacial score (nSPS) is 12.6. The molecule has 52 valence electrons. The van der Waals surface area contributed by atoms with Crippen LogP contribution in [0.1, 0.15) is 26.7 Å². The van der Waals surface area contributed by atoms with E-state index < -0.39 is 0 Å². The van der Waals surface area contributed by atoms with Crippen molar-refractivity contribution in [3.05, 3.63) is 0 Å². The van der Waals surface area contributed by atoms with Crippen molar-refractivity contribution in [1.29, 1.82) is 0 Å². The first-order chi connectivity index (χ1) is 4.35. The molecule has 1 atom stereocenters. The minimum Gasteiger partial charge on any atom is -0.304 e. The van der Waals surface area contributed by atoms with Crippen LogP contribution in [0.5, 0.6) is 0 Å². The molecule has 0 rings (SSSR count). The minimum atomic E-state index is 0.292. The summed E-state index contributed by atoms with van der Waals surface area (Å²) in [5, 5.41) is 3.20. The molecule has 0 aromatic carbocycles. The van der Waals surface area contributed by atoms with E-state index in [9.17, 15) is 0 Å². The average molecular weight is 125 g/mol. The van der Waals surface area contributed by atoms with E-state index in [1.165, 1.54) is 0 Å². The molecule has 0 aliphatic heterocycles. The summed E-state index contributed by atoms with van der Waals surface area (Å²) in [5.41, 5.74) is 0. The van der Waals surface area contributed by atoms with E-state index in [1.807, 2.05) is 0 Å². The van der Waals surface area contributed by atoms with Crippen LogP contribution in [-0.4, -0.2) is 12.6 Å². The van der Waals surface area contributed by atoms with E-state index in [2.05, 4.69) is 25.1 Å². The van der Waals surface area contributed by atoms with Crippen LogP contribution in [0.2, 0.25) is 0 Å². The van der Waals surface area contributed by atoms with Gasteiger partial charge in [-0.25, -0.2) is 0 Å². The maximum Gasteiger partial charge on any atom is 0.0686 e. The Balaban J connectivity index is 3.32. The molecule has 0 aromatic rings. The monoisotopic (exact) mass is 125 g/mol. The number of hydrogen-bond acceptors (Lipinski definition) is 1. The van der Waals surface area contributed by atoms with Crippen LogP contribution in [0.15, 0.2) is 0 Å². The Hall–Kier alpha value is -0.480. The molecule has 0 saturated carbocycles. The molecule has 0 aromatic heterocycles. The molecule has 0 aliphatic carbocycles. The first-order valence-electron chi connectivity index (χ1n) is 3.54. The Bertz CT molecular complexity index is 85.2. The molecule has 0 bridgehead atoms. The van der Waals surface area contributed by atoms with Crippen molar-refractivity contribution in [3.63, 3.8) is 0 Å². The highest BCUT2D eigenvalue weighted by molar-refractivity contribution is 4.97. The molecule has 0 amide bonds. The Morgan fingerprint density at radius 3 is 2.56 bits per heavy atom. The molecular formula is C8H15N. The standard InChI is InChI=1S/C8H15N/c1-4-7-8(5-2)9-6-3/h2,8-9H,4,6-7H2,1,3H3. The van der Waals surface area contributed by atoms with E-state index in [4.69, 9.17) is 6.42 Å². The molecule has 0 spiro atoms. The van der Waals surface area contributed by atoms with E-state index >= 15 is 0 Å². The lowest BCUT2D eigenvalue weighted by Gasteiger charge is -2.08. The van der Waals surface area contributed by atoms with Crippen LogP contribution in [0.25, 0.3) is 0 Å². The van der Waals surface area contributed by atoms with E-state index in [0.717, 1.165) is 19.4 Å². The van der Waals surface area contributed by atoms with Gasteiger partial charge in [0, 0.05) is 0 Å². The molecule has 1 N–H and O–H groups in total. The van der Waals surface area contributed by atoms with Crippen molar-refractivity contribution >= 4 is 0 Å². The molecule has 0 radical (unpaired) electrons. The zero-order chi connectivity index (χ0) is 7.11. The maximum atomic E-state index is 5.23. The van der Waals surface area contributed by atoms with Crippen molar-refractivity contribution in [1.82, 2.24) is 5.32 Å². The van der Waals surface area contributed by atoms with Crippen molar-refractivity contribution in [2.45, 2.75) is 32.7 Å². The van der Waals surface area contributed by atoms with Crippen molar-refractivity contribution in [2.24, 2.45) is 0 Å². The van der Waals surface area contributed by atoms with Gasteiger partial charge in [0.1, 0.15) is 0 Å². The Morgan fingerprint density at radius 1 is 1.56 bits per heavy atom. The van der Waals surface area contributed by atoms with Gasteiger partial charge in [0.2, 0.25) is 0 Å². The van der Waals surface area contributed by atoms with Crippen LogP contribution in [0.3, 0.4) is 0 Å².